The van der Waals surface area contributed by atoms with E-state index in [-0.39, 0.29) is 40.4 Å². The Morgan fingerprint density at radius 2 is 1.19 bits per heavy atom. The van der Waals surface area contributed by atoms with Crippen molar-refractivity contribution in [1.82, 2.24) is 0 Å². The largest absolute Gasteiger partial charge is 0.416 e. The fourth-order valence-corrected chi connectivity index (χ4v) is 7.44. The highest BCUT2D eigenvalue weighted by atomic mass is 28.4. The first kappa shape index (κ1) is 42.3. The Balaban J connectivity index is 2.47. The highest BCUT2D eigenvalue weighted by Gasteiger charge is 2.44. The van der Waals surface area contributed by atoms with Gasteiger partial charge in [0.15, 0.2) is 16.6 Å². The molecule has 0 unspecified atom stereocenters. The van der Waals surface area contributed by atoms with Crippen LogP contribution in [0.15, 0.2) is 86.0 Å². The first-order chi connectivity index (χ1) is 22.4. The summed E-state index contributed by atoms with van der Waals surface area (Å²) >= 11 is 0. The van der Waals surface area contributed by atoms with Crippen LogP contribution in [0.2, 0.25) is 36.3 Å². The molecule has 0 aliphatic rings. The van der Waals surface area contributed by atoms with Gasteiger partial charge < -0.3 is 23.1 Å². The van der Waals surface area contributed by atoms with Crippen LogP contribution in [-0.2, 0) is 36.3 Å². The fourth-order valence-electron chi connectivity index (χ4n) is 4.98. The number of benzene rings is 2. The summed E-state index contributed by atoms with van der Waals surface area (Å²) in [7, 11) is -4.15. The van der Waals surface area contributed by atoms with Gasteiger partial charge in [-0.2, -0.15) is 0 Å². The van der Waals surface area contributed by atoms with Gasteiger partial charge in [-0.15, -0.1) is 13.2 Å². The minimum atomic E-state index is -2.16. The molecule has 0 bridgehead atoms. The van der Waals surface area contributed by atoms with E-state index >= 15 is 0 Å². The lowest BCUT2D eigenvalue weighted by atomic mass is 9.97. The van der Waals surface area contributed by atoms with Crippen LogP contribution in [0.1, 0.15) is 78.9 Å². The summed E-state index contributed by atoms with van der Waals surface area (Å²) in [6.07, 6.45) is 5.05. The molecular formula is C41H68O5Si2. The molecule has 7 heteroatoms. The predicted molar refractivity (Wildman–Crippen MR) is 208 cm³/mol. The van der Waals surface area contributed by atoms with E-state index < -0.39 is 16.6 Å². The van der Waals surface area contributed by atoms with E-state index in [1.54, 1.807) is 0 Å². The standard InChI is InChI=1S/C41H68O5Si2/c1-14-22-36(43-32-35-26-20-17-21-27-35)37(28-29-42-31-34-24-18-16-19-25-34)45-39(33(3)30-44-47(10,11)40(4,5)6)38(23-15-2)46-48(12,13)41(7,8)9/h14-21,24-27,33,36-39H,1-2,22-23,28-32H2,3-13H3/t33-,36+,37-,38-,39+/m0/s1. The van der Waals surface area contributed by atoms with E-state index in [9.17, 15) is 0 Å². The molecular weight excluding hydrogens is 629 g/mol. The molecule has 2 aromatic carbocycles. The van der Waals surface area contributed by atoms with Crippen LogP contribution in [0.3, 0.4) is 0 Å². The normalized spacial score (nSPS) is 16.1. The van der Waals surface area contributed by atoms with E-state index in [4.69, 9.17) is 23.1 Å². The second-order valence-corrected chi connectivity index (χ2v) is 25.9. The Hall–Kier alpha value is -1.85. The Kier molecular flexibility index (Phi) is 17.2. The van der Waals surface area contributed by atoms with E-state index in [2.05, 4.69) is 112 Å². The van der Waals surface area contributed by atoms with Crippen molar-refractivity contribution in [3.63, 3.8) is 0 Å². The minimum Gasteiger partial charge on any atom is -0.416 e. The molecule has 5 atom stereocenters. The number of hydrogen-bond donors (Lipinski definition) is 0. The molecule has 48 heavy (non-hydrogen) atoms. The second-order valence-electron chi connectivity index (χ2n) is 16.3. The quantitative estimate of drug-likeness (QED) is 0.0697. The lowest BCUT2D eigenvalue weighted by molar-refractivity contribution is -0.155. The van der Waals surface area contributed by atoms with Gasteiger partial charge in [0.2, 0.25) is 0 Å². The number of rotatable bonds is 22. The average Bonchev–Trinajstić information content (AvgIpc) is 3.01. The highest BCUT2D eigenvalue weighted by molar-refractivity contribution is 6.74. The molecule has 0 fully saturated rings. The van der Waals surface area contributed by atoms with Crippen LogP contribution in [0.4, 0.5) is 0 Å². The van der Waals surface area contributed by atoms with Gasteiger partial charge in [0.1, 0.15) is 0 Å². The summed E-state index contributed by atoms with van der Waals surface area (Å²) in [5, 5.41) is 0.160. The molecule has 0 heterocycles. The molecule has 0 aliphatic heterocycles. The SMILES string of the molecule is C=CC[C@H](O[Si](C)(C)C(C)(C)C)[C@H](O[C@@H](CCOCc1ccccc1)[C@@H](CC=C)OCc1ccccc1)[C@@H](C)CO[Si](C)(C)C(C)(C)C. The van der Waals surface area contributed by atoms with Crippen molar-refractivity contribution in [3.8, 4) is 0 Å². The van der Waals surface area contributed by atoms with Crippen molar-refractivity contribution >= 4 is 16.6 Å². The van der Waals surface area contributed by atoms with Crippen molar-refractivity contribution in [2.45, 2.75) is 142 Å². The lowest BCUT2D eigenvalue weighted by Crippen LogP contribution is -2.52. The third-order valence-corrected chi connectivity index (χ3v) is 19.2. The smallest absolute Gasteiger partial charge is 0.192 e. The van der Waals surface area contributed by atoms with Crippen molar-refractivity contribution < 1.29 is 23.1 Å². The van der Waals surface area contributed by atoms with Crippen molar-refractivity contribution in [2.24, 2.45) is 5.92 Å². The summed E-state index contributed by atoms with van der Waals surface area (Å²) < 4.78 is 34.2. The molecule has 2 aromatic rings. The average molecular weight is 697 g/mol. The summed E-state index contributed by atoms with van der Waals surface area (Å²) in [6.45, 7) is 35.7. The topological polar surface area (TPSA) is 46.2 Å². The van der Waals surface area contributed by atoms with Crippen LogP contribution in [-0.4, -0.2) is 54.3 Å². The molecule has 0 aliphatic carbocycles. The third-order valence-electron chi connectivity index (χ3n) is 10.2. The summed E-state index contributed by atoms with van der Waals surface area (Å²) in [4.78, 5) is 0. The number of ether oxygens (including phenoxy) is 3. The third kappa shape index (κ3) is 13.8. The van der Waals surface area contributed by atoms with Crippen LogP contribution < -0.4 is 0 Å². The maximum Gasteiger partial charge on any atom is 0.192 e. The van der Waals surface area contributed by atoms with Gasteiger partial charge in [-0.3, -0.25) is 0 Å². The van der Waals surface area contributed by atoms with Gasteiger partial charge in [-0.25, -0.2) is 0 Å². The Morgan fingerprint density at radius 3 is 1.69 bits per heavy atom. The van der Waals surface area contributed by atoms with E-state index in [1.165, 1.54) is 0 Å². The number of hydrogen-bond acceptors (Lipinski definition) is 5. The van der Waals surface area contributed by atoms with Crippen molar-refractivity contribution in [3.05, 3.63) is 97.1 Å². The van der Waals surface area contributed by atoms with Gasteiger partial charge in [-0.05, 0) is 66.7 Å². The Bertz CT molecular complexity index is 1190. The van der Waals surface area contributed by atoms with Crippen molar-refractivity contribution in [2.75, 3.05) is 13.2 Å². The van der Waals surface area contributed by atoms with Gasteiger partial charge >= 0.3 is 0 Å². The van der Waals surface area contributed by atoms with Crippen LogP contribution in [0, 0.1) is 5.92 Å². The first-order valence-electron chi connectivity index (χ1n) is 17.9. The van der Waals surface area contributed by atoms with E-state index in [1.807, 2.05) is 48.6 Å². The molecule has 270 valence electrons. The van der Waals surface area contributed by atoms with Gasteiger partial charge in [0, 0.05) is 19.1 Å². The van der Waals surface area contributed by atoms with Gasteiger partial charge in [0.25, 0.3) is 0 Å². The molecule has 0 saturated carbocycles. The van der Waals surface area contributed by atoms with Crippen LogP contribution in [0.25, 0.3) is 0 Å². The molecule has 2 rings (SSSR count). The first-order valence-corrected chi connectivity index (χ1v) is 23.7. The summed E-state index contributed by atoms with van der Waals surface area (Å²) in [5.74, 6) is 0.0695. The zero-order valence-corrected chi connectivity index (χ0v) is 34.2. The molecule has 0 spiro atoms. The molecule has 0 aromatic heterocycles. The van der Waals surface area contributed by atoms with Gasteiger partial charge in [0.05, 0.1) is 37.6 Å². The summed E-state index contributed by atoms with van der Waals surface area (Å²) in [5.41, 5.74) is 2.28. The second kappa shape index (κ2) is 19.5. The zero-order valence-electron chi connectivity index (χ0n) is 32.2. The van der Waals surface area contributed by atoms with Crippen LogP contribution >= 0.6 is 0 Å². The molecule has 0 radical (unpaired) electrons. The molecule has 0 N–H and O–H groups in total. The monoisotopic (exact) mass is 696 g/mol. The fraction of sp³-hybridized carbons (Fsp3) is 0.610. The maximum absolute atomic E-state index is 7.32. The van der Waals surface area contributed by atoms with E-state index in [0.717, 1.165) is 11.1 Å². The minimum absolute atomic E-state index is 0.0483. The lowest BCUT2D eigenvalue weighted by Gasteiger charge is -2.44. The maximum atomic E-state index is 7.32. The van der Waals surface area contributed by atoms with E-state index in [0.29, 0.717) is 45.7 Å². The Labute approximate surface area is 296 Å². The van der Waals surface area contributed by atoms with Crippen LogP contribution in [0.5, 0.6) is 0 Å². The molecule has 0 amide bonds. The highest BCUT2D eigenvalue weighted by Crippen LogP contribution is 2.40. The molecule has 5 nitrogen and oxygen atoms in total. The zero-order chi connectivity index (χ0) is 36.0. The summed E-state index contributed by atoms with van der Waals surface area (Å²) in [6, 6.07) is 20.6. The van der Waals surface area contributed by atoms with Crippen molar-refractivity contribution in [1.29, 1.82) is 0 Å². The predicted octanol–water partition coefficient (Wildman–Crippen LogP) is 11.1. The van der Waals surface area contributed by atoms with Gasteiger partial charge in [-0.1, -0.05) is 121 Å². The Morgan fingerprint density at radius 1 is 0.688 bits per heavy atom. The molecule has 0 saturated heterocycles.